The van der Waals surface area contributed by atoms with Crippen LogP contribution in [0.25, 0.3) is 34.1 Å². The summed E-state index contributed by atoms with van der Waals surface area (Å²) in [5, 5.41) is 14.8. The average Bonchev–Trinajstić information content (AvgIpc) is 2.94. The summed E-state index contributed by atoms with van der Waals surface area (Å²) in [6.45, 7) is 0. The van der Waals surface area contributed by atoms with Gasteiger partial charge in [-0.15, -0.1) is 5.75 Å². The van der Waals surface area contributed by atoms with Gasteiger partial charge in [-0.3, -0.25) is 4.79 Å². The molecule has 0 saturated heterocycles. The fourth-order valence-corrected chi connectivity index (χ4v) is 4.64. The quantitative estimate of drug-likeness (QED) is 0.370. The molecule has 2 aliphatic rings. The smallest absolute Gasteiger partial charge is 0.247 e. The van der Waals surface area contributed by atoms with Gasteiger partial charge in [0, 0.05) is 5.39 Å². The third kappa shape index (κ3) is 1.74. The van der Waals surface area contributed by atoms with E-state index in [-0.39, 0.29) is 11.5 Å². The van der Waals surface area contributed by atoms with Crippen LogP contribution in [-0.4, -0.2) is 5.78 Å². The van der Waals surface area contributed by atoms with Crippen LogP contribution < -0.4 is 10.3 Å². The lowest BCUT2D eigenvalue weighted by atomic mass is 9.97. The van der Waals surface area contributed by atoms with E-state index in [1.807, 2.05) is 12.1 Å². The summed E-state index contributed by atoms with van der Waals surface area (Å²) in [5.74, 6) is 0.0447. The minimum Gasteiger partial charge on any atom is -0.872 e. The molecule has 0 amide bonds. The van der Waals surface area contributed by atoms with Gasteiger partial charge in [0.15, 0.2) is 5.78 Å². The van der Waals surface area contributed by atoms with E-state index in [2.05, 4.69) is 24.3 Å². The van der Waals surface area contributed by atoms with Crippen LogP contribution >= 0.6 is 0 Å². The van der Waals surface area contributed by atoms with Crippen LogP contribution in [0.5, 0.6) is 5.75 Å². The van der Waals surface area contributed by atoms with Gasteiger partial charge in [-0.05, 0) is 35.2 Å². The normalized spacial score (nSPS) is 14.0. The maximum atomic E-state index is 11.8. The van der Waals surface area contributed by atoms with Crippen LogP contribution in [0.3, 0.4) is 0 Å². The van der Waals surface area contributed by atoms with E-state index in [0.717, 1.165) is 42.1 Å². The first-order valence-electron chi connectivity index (χ1n) is 7.36. The lowest BCUT2D eigenvalue weighted by Crippen LogP contribution is -2.14. The summed E-state index contributed by atoms with van der Waals surface area (Å²) in [5.41, 5.74) is 3.35. The Morgan fingerprint density at radius 2 is 1.74 bits per heavy atom. The van der Waals surface area contributed by atoms with Gasteiger partial charge >= 0.3 is 0 Å². The fraction of sp³-hybridized carbons (Fsp3) is 0. The van der Waals surface area contributed by atoms with E-state index in [0.29, 0.717) is 0 Å². The van der Waals surface area contributed by atoms with Crippen molar-refractivity contribution in [2.75, 3.05) is 0 Å². The van der Waals surface area contributed by atoms with E-state index in [9.17, 15) is 9.90 Å². The molecule has 1 aliphatic carbocycles. The van der Waals surface area contributed by atoms with E-state index < -0.39 is 0 Å². The Morgan fingerprint density at radius 3 is 2.65 bits per heavy atom. The Morgan fingerprint density at radius 1 is 0.913 bits per heavy atom. The van der Waals surface area contributed by atoms with E-state index in [4.69, 9.17) is 0 Å². The topological polar surface area (TPSA) is 40.1 Å². The first-order valence-corrected chi connectivity index (χ1v) is 8.18. The zero-order chi connectivity index (χ0) is 15.6. The molecular weight excluding hydrogens is 304 g/mol. The third-order valence-electron chi connectivity index (χ3n) is 4.38. The van der Waals surface area contributed by atoms with Gasteiger partial charge < -0.3 is 5.11 Å². The molecule has 2 nitrogen and oxygen atoms in total. The van der Waals surface area contributed by atoms with Crippen LogP contribution in [0.2, 0.25) is 0 Å². The predicted octanol–water partition coefficient (Wildman–Crippen LogP) is 2.66. The molecule has 1 heterocycles. The summed E-state index contributed by atoms with van der Waals surface area (Å²) in [4.78, 5) is 12.9. The van der Waals surface area contributed by atoms with Crippen molar-refractivity contribution in [3.63, 3.8) is 0 Å². The van der Waals surface area contributed by atoms with Crippen molar-refractivity contribution in [3.8, 4) is 16.9 Å². The monoisotopic (exact) mass is 314 g/mol. The Kier molecular flexibility index (Phi) is 2.42. The van der Waals surface area contributed by atoms with Crippen molar-refractivity contribution in [2.24, 2.45) is 0 Å². The first kappa shape index (κ1) is 12.7. The Labute approximate surface area is 136 Å². The summed E-state index contributed by atoms with van der Waals surface area (Å²) in [6, 6.07) is 13.5. The highest BCUT2D eigenvalue weighted by molar-refractivity contribution is 7.71. The van der Waals surface area contributed by atoms with Crippen LogP contribution in [0.1, 0.15) is 5.56 Å². The molecule has 0 unspecified atom stereocenters. The number of allylic oxidation sites excluding steroid dienone is 1. The number of carbonyl (C=O) groups is 1. The first-order chi connectivity index (χ1) is 11.2. The molecule has 3 heteroatoms. The van der Waals surface area contributed by atoms with Crippen molar-refractivity contribution in [1.82, 2.24) is 0 Å². The Balaban J connectivity index is 1.94. The number of fused-ring (bicyclic) bond motifs is 7. The Hall–Kier alpha value is -2.78. The minimum atomic E-state index is 0.0224. The van der Waals surface area contributed by atoms with Gasteiger partial charge in [-0.1, -0.05) is 36.4 Å². The zero-order valence-corrected chi connectivity index (χ0v) is 12.8. The number of hydrogen-bond donors (Lipinski definition) is 0. The van der Waals surface area contributed by atoms with E-state index >= 15 is 0 Å². The number of carbonyl (C=O) groups excluding carboxylic acids is 1. The lowest BCUT2D eigenvalue weighted by molar-refractivity contribution is -0.268. The molecule has 3 aromatic rings. The highest BCUT2D eigenvalue weighted by atomic mass is 32.1. The number of hydrogen-bond acceptors (Lipinski definition) is 2. The van der Waals surface area contributed by atoms with Crippen LogP contribution in [0.4, 0.5) is 0 Å². The van der Waals surface area contributed by atoms with Crippen molar-refractivity contribution in [2.45, 2.75) is 4.90 Å². The van der Waals surface area contributed by atoms with Gasteiger partial charge in [-0.25, -0.2) is 0 Å². The van der Waals surface area contributed by atoms with Crippen LogP contribution in [0.15, 0.2) is 53.4 Å². The van der Waals surface area contributed by atoms with Gasteiger partial charge in [0.2, 0.25) is 20.8 Å². The minimum absolute atomic E-state index is 0.0224. The van der Waals surface area contributed by atoms with Gasteiger partial charge in [0.25, 0.3) is 0 Å². The summed E-state index contributed by atoms with van der Waals surface area (Å²) in [7, 11) is 0. The highest BCUT2D eigenvalue weighted by Gasteiger charge is 2.28. The van der Waals surface area contributed by atoms with E-state index in [1.165, 1.54) is 0 Å². The molecule has 3 aromatic carbocycles. The molecule has 5 rings (SSSR count). The standard InChI is InChI=1S/C20H10O2S/c21-13-5-1-11-3-7-15-16-8-4-12-2-6-14(22)10-18(12)20(16)23-19(15)17(11)9-13/h1-10H. The molecule has 0 fully saturated rings. The van der Waals surface area contributed by atoms with Crippen molar-refractivity contribution < 1.29 is 9.90 Å². The second-order valence-electron chi connectivity index (χ2n) is 5.75. The molecule has 0 spiro atoms. The summed E-state index contributed by atoms with van der Waals surface area (Å²) in [6.07, 6.45) is 5.17. The number of benzene rings is 3. The van der Waals surface area contributed by atoms with Crippen molar-refractivity contribution in [3.05, 3.63) is 63.8 Å². The predicted molar refractivity (Wildman–Crippen MR) is 91.4 cm³/mol. The van der Waals surface area contributed by atoms with Gasteiger partial charge in [0.1, 0.15) is 0 Å². The molecule has 23 heavy (non-hydrogen) atoms. The van der Waals surface area contributed by atoms with Crippen LogP contribution in [-0.2, 0) is 16.1 Å². The van der Waals surface area contributed by atoms with E-state index in [1.54, 1.807) is 35.6 Å². The molecule has 0 bridgehead atoms. The van der Waals surface area contributed by atoms with Crippen LogP contribution in [0, 0.1) is 4.51 Å². The maximum absolute atomic E-state index is 11.8. The molecular formula is C20H10O2S. The molecule has 0 radical (unpaired) electrons. The molecule has 0 aromatic heterocycles. The highest BCUT2D eigenvalue weighted by Crippen LogP contribution is 2.36. The van der Waals surface area contributed by atoms with Crippen molar-refractivity contribution >= 4 is 40.1 Å². The summed E-state index contributed by atoms with van der Waals surface area (Å²) >= 11 is 1.66. The molecule has 0 saturated carbocycles. The maximum Gasteiger partial charge on any atom is 0.247 e. The molecule has 0 N–H and O–H groups in total. The van der Waals surface area contributed by atoms with Crippen molar-refractivity contribution in [1.29, 1.82) is 0 Å². The van der Waals surface area contributed by atoms with Gasteiger partial charge in [-0.2, -0.15) is 0 Å². The average molecular weight is 314 g/mol. The van der Waals surface area contributed by atoms with Gasteiger partial charge in [0.05, 0.1) is 16.3 Å². The molecule has 0 atom stereocenters. The second-order valence-corrected chi connectivity index (χ2v) is 6.77. The lowest BCUT2D eigenvalue weighted by Gasteiger charge is -2.06. The molecule has 1 aliphatic heterocycles. The second kappa shape index (κ2) is 4.37. The SMILES string of the molecule is O=C1C=Cc2ccc3c(c2=C1)=[S+]c1c-3ccc2ccc([O-])cc12. The molecule has 108 valence electrons. The third-order valence-corrected chi connectivity index (χ3v) is 5.67. The number of ketones is 1. The zero-order valence-electron chi connectivity index (χ0n) is 12.0. The summed E-state index contributed by atoms with van der Waals surface area (Å²) < 4.78 is 1.11. The number of rotatable bonds is 0. The largest absolute Gasteiger partial charge is 0.872 e. The fourth-order valence-electron chi connectivity index (χ4n) is 3.29. The Bertz CT molecular complexity index is 1190.